The van der Waals surface area contributed by atoms with Crippen molar-refractivity contribution in [3.05, 3.63) is 28.5 Å². The molecule has 0 bridgehead atoms. The van der Waals surface area contributed by atoms with E-state index in [0.717, 1.165) is 42.9 Å². The van der Waals surface area contributed by atoms with E-state index in [2.05, 4.69) is 42.8 Å². The minimum Gasteiger partial charge on any atom is -0.295 e. The van der Waals surface area contributed by atoms with Crippen molar-refractivity contribution in [2.45, 2.75) is 25.9 Å². The summed E-state index contributed by atoms with van der Waals surface area (Å²) in [7, 11) is 0. The Hall–Kier alpha value is -0.960. The molecular weight excluding hydrogens is 304 g/mol. The van der Waals surface area contributed by atoms with Gasteiger partial charge in [0, 0.05) is 43.4 Å². The molecule has 0 unspecified atom stereocenters. The van der Waals surface area contributed by atoms with Gasteiger partial charge in [-0.05, 0) is 41.9 Å². The Labute approximate surface area is 123 Å². The molecule has 2 heterocycles. The number of hydrogen-bond donors (Lipinski definition) is 0. The summed E-state index contributed by atoms with van der Waals surface area (Å²) in [5.74, 6) is 0. The Kier molecular flexibility index (Phi) is 4.56. The lowest BCUT2D eigenvalue weighted by Crippen LogP contribution is -2.53. The summed E-state index contributed by atoms with van der Waals surface area (Å²) < 4.78 is 1.01. The van der Waals surface area contributed by atoms with Crippen molar-refractivity contribution in [2.75, 3.05) is 26.2 Å². The van der Waals surface area contributed by atoms with Crippen LogP contribution >= 0.6 is 15.9 Å². The number of piperazine rings is 1. The Bertz CT molecular complexity index is 455. The molecular formula is C14H19BrN4. The Morgan fingerprint density at radius 2 is 2.00 bits per heavy atom. The van der Waals surface area contributed by atoms with E-state index in [4.69, 9.17) is 5.26 Å². The van der Waals surface area contributed by atoms with Crippen molar-refractivity contribution < 1.29 is 0 Å². The van der Waals surface area contributed by atoms with Crippen LogP contribution in [-0.4, -0.2) is 46.5 Å². The van der Waals surface area contributed by atoms with Crippen LogP contribution < -0.4 is 0 Å². The molecule has 2 rings (SSSR count). The molecule has 0 spiro atoms. The number of pyridine rings is 1. The van der Waals surface area contributed by atoms with Gasteiger partial charge in [0.05, 0.1) is 11.8 Å². The standard InChI is InChI=1S/C14H19BrN4/c1-14(2,11-16)19-7-5-18(6-8-19)10-13-4-3-12(15)9-17-13/h3-4,9H,5-8,10H2,1-2H3. The summed E-state index contributed by atoms with van der Waals surface area (Å²) in [6.07, 6.45) is 1.84. The zero-order valence-corrected chi connectivity index (χ0v) is 13.0. The van der Waals surface area contributed by atoms with E-state index in [-0.39, 0.29) is 5.54 Å². The maximum atomic E-state index is 9.15. The van der Waals surface area contributed by atoms with Gasteiger partial charge in [-0.25, -0.2) is 0 Å². The lowest BCUT2D eigenvalue weighted by Gasteiger charge is -2.40. The van der Waals surface area contributed by atoms with Crippen molar-refractivity contribution in [2.24, 2.45) is 0 Å². The molecule has 4 nitrogen and oxygen atoms in total. The molecule has 0 saturated carbocycles. The average Bonchev–Trinajstić information content (AvgIpc) is 2.42. The van der Waals surface area contributed by atoms with E-state index < -0.39 is 0 Å². The summed E-state index contributed by atoms with van der Waals surface area (Å²) in [6, 6.07) is 6.45. The van der Waals surface area contributed by atoms with Gasteiger partial charge in [0.15, 0.2) is 0 Å². The molecule has 0 aromatic carbocycles. The summed E-state index contributed by atoms with van der Waals surface area (Å²) in [5, 5.41) is 9.15. The normalized spacial score (nSPS) is 18.2. The third kappa shape index (κ3) is 3.75. The molecule has 1 aromatic rings. The lowest BCUT2D eigenvalue weighted by atomic mass is 10.0. The van der Waals surface area contributed by atoms with Crippen molar-refractivity contribution in [1.82, 2.24) is 14.8 Å². The maximum absolute atomic E-state index is 9.15. The first-order valence-corrected chi connectivity index (χ1v) is 7.30. The zero-order chi connectivity index (χ0) is 13.9. The molecule has 1 aliphatic heterocycles. The molecule has 1 aliphatic rings. The number of halogens is 1. The predicted molar refractivity (Wildman–Crippen MR) is 78.5 cm³/mol. The fraction of sp³-hybridized carbons (Fsp3) is 0.571. The summed E-state index contributed by atoms with van der Waals surface area (Å²) >= 11 is 3.39. The Morgan fingerprint density at radius 1 is 1.32 bits per heavy atom. The minimum atomic E-state index is -0.359. The minimum absolute atomic E-state index is 0.359. The van der Waals surface area contributed by atoms with Crippen LogP contribution in [-0.2, 0) is 6.54 Å². The van der Waals surface area contributed by atoms with Gasteiger partial charge in [0.2, 0.25) is 0 Å². The van der Waals surface area contributed by atoms with Crippen molar-refractivity contribution >= 4 is 15.9 Å². The van der Waals surface area contributed by atoms with Crippen molar-refractivity contribution in [3.8, 4) is 6.07 Å². The van der Waals surface area contributed by atoms with Crippen LogP contribution in [0.3, 0.4) is 0 Å². The Balaban J connectivity index is 1.87. The SMILES string of the molecule is CC(C)(C#N)N1CCN(Cc2ccc(Br)cn2)CC1. The highest BCUT2D eigenvalue weighted by Gasteiger charge is 2.29. The summed E-state index contributed by atoms with van der Waals surface area (Å²) in [6.45, 7) is 8.71. The van der Waals surface area contributed by atoms with Crippen LogP contribution in [0.1, 0.15) is 19.5 Å². The average molecular weight is 323 g/mol. The first kappa shape index (κ1) is 14.4. The van der Waals surface area contributed by atoms with Gasteiger partial charge >= 0.3 is 0 Å². The number of aromatic nitrogens is 1. The third-order valence-corrected chi connectivity index (χ3v) is 4.08. The third-order valence-electron chi connectivity index (χ3n) is 3.61. The highest BCUT2D eigenvalue weighted by atomic mass is 79.9. The van der Waals surface area contributed by atoms with Crippen LogP contribution in [0.5, 0.6) is 0 Å². The highest BCUT2D eigenvalue weighted by Crippen LogP contribution is 2.17. The van der Waals surface area contributed by atoms with Crippen molar-refractivity contribution in [3.63, 3.8) is 0 Å². The second-order valence-electron chi connectivity index (χ2n) is 5.40. The maximum Gasteiger partial charge on any atom is 0.103 e. The Morgan fingerprint density at radius 3 is 2.53 bits per heavy atom. The van der Waals surface area contributed by atoms with Gasteiger partial charge in [-0.15, -0.1) is 0 Å². The number of nitrogens with zero attached hydrogens (tertiary/aromatic N) is 4. The van der Waals surface area contributed by atoms with E-state index >= 15 is 0 Å². The van der Waals surface area contributed by atoms with Gasteiger partial charge in [-0.3, -0.25) is 14.8 Å². The summed E-state index contributed by atoms with van der Waals surface area (Å²) in [4.78, 5) is 9.04. The van der Waals surface area contributed by atoms with Gasteiger partial charge in [-0.2, -0.15) is 5.26 Å². The van der Waals surface area contributed by atoms with E-state index in [0.29, 0.717) is 0 Å². The fourth-order valence-corrected chi connectivity index (χ4v) is 2.50. The van der Waals surface area contributed by atoms with Crippen LogP contribution in [0, 0.1) is 11.3 Å². The molecule has 1 saturated heterocycles. The van der Waals surface area contributed by atoms with E-state index in [1.54, 1.807) is 0 Å². The quantitative estimate of drug-likeness (QED) is 0.856. The van der Waals surface area contributed by atoms with Gasteiger partial charge in [-0.1, -0.05) is 0 Å². The van der Waals surface area contributed by atoms with Gasteiger partial charge in [0.1, 0.15) is 5.54 Å². The summed E-state index contributed by atoms with van der Waals surface area (Å²) in [5.41, 5.74) is 0.735. The predicted octanol–water partition coefficient (Wildman–Crippen LogP) is 2.26. The lowest BCUT2D eigenvalue weighted by molar-refractivity contribution is 0.0758. The van der Waals surface area contributed by atoms with Crippen LogP contribution in [0.2, 0.25) is 0 Å². The first-order valence-electron chi connectivity index (χ1n) is 6.50. The van der Waals surface area contributed by atoms with E-state index in [9.17, 15) is 0 Å². The zero-order valence-electron chi connectivity index (χ0n) is 11.4. The molecule has 0 aliphatic carbocycles. The molecule has 102 valence electrons. The molecule has 0 N–H and O–H groups in total. The first-order chi connectivity index (χ1) is 9.01. The molecule has 0 atom stereocenters. The molecule has 1 fully saturated rings. The molecule has 19 heavy (non-hydrogen) atoms. The van der Waals surface area contributed by atoms with E-state index in [1.165, 1.54) is 0 Å². The molecule has 0 radical (unpaired) electrons. The van der Waals surface area contributed by atoms with Crippen LogP contribution in [0.15, 0.2) is 22.8 Å². The van der Waals surface area contributed by atoms with Gasteiger partial charge in [0.25, 0.3) is 0 Å². The van der Waals surface area contributed by atoms with Gasteiger partial charge < -0.3 is 0 Å². The second kappa shape index (κ2) is 6.00. The molecule has 1 aromatic heterocycles. The second-order valence-corrected chi connectivity index (χ2v) is 6.32. The smallest absolute Gasteiger partial charge is 0.103 e. The number of rotatable bonds is 3. The number of nitriles is 1. The fourth-order valence-electron chi connectivity index (χ4n) is 2.26. The number of hydrogen-bond acceptors (Lipinski definition) is 4. The van der Waals surface area contributed by atoms with Crippen LogP contribution in [0.4, 0.5) is 0 Å². The molecule has 5 heteroatoms. The highest BCUT2D eigenvalue weighted by molar-refractivity contribution is 9.10. The van der Waals surface area contributed by atoms with E-state index in [1.807, 2.05) is 26.1 Å². The molecule has 0 amide bonds. The topological polar surface area (TPSA) is 43.2 Å². The monoisotopic (exact) mass is 322 g/mol. The van der Waals surface area contributed by atoms with Crippen molar-refractivity contribution in [1.29, 1.82) is 5.26 Å². The largest absolute Gasteiger partial charge is 0.295 e. The van der Waals surface area contributed by atoms with Crippen LogP contribution in [0.25, 0.3) is 0 Å².